The zero-order valence-electron chi connectivity index (χ0n) is 13.2. The number of hydrogen-bond acceptors (Lipinski definition) is 4. The number of esters is 2. The average Bonchev–Trinajstić information content (AvgIpc) is 3.07. The number of allylic oxidation sites excluding steroid dienone is 1. The molecule has 0 aliphatic heterocycles. The summed E-state index contributed by atoms with van der Waals surface area (Å²) in [7, 11) is 0. The van der Waals surface area contributed by atoms with E-state index in [0.717, 1.165) is 38.5 Å². The first-order chi connectivity index (χ1) is 10.2. The van der Waals surface area contributed by atoms with Gasteiger partial charge in [0.25, 0.3) is 0 Å². The van der Waals surface area contributed by atoms with Gasteiger partial charge in [-0.3, -0.25) is 9.59 Å². The highest BCUT2D eigenvalue weighted by Crippen LogP contribution is 2.44. The van der Waals surface area contributed by atoms with Crippen LogP contribution in [0.3, 0.4) is 0 Å². The zero-order chi connectivity index (χ0) is 15.2. The quantitative estimate of drug-likeness (QED) is 0.556. The van der Waals surface area contributed by atoms with Crippen LogP contribution in [0, 0.1) is 11.8 Å². The first-order valence-corrected chi connectivity index (χ1v) is 8.20. The summed E-state index contributed by atoms with van der Waals surface area (Å²) in [5, 5.41) is 0. The number of ether oxygens (including phenoxy) is 2. The van der Waals surface area contributed by atoms with Crippen LogP contribution in [0.2, 0.25) is 0 Å². The van der Waals surface area contributed by atoms with E-state index in [1.807, 2.05) is 13.8 Å². The Morgan fingerprint density at radius 2 is 1.81 bits per heavy atom. The van der Waals surface area contributed by atoms with E-state index in [4.69, 9.17) is 9.47 Å². The van der Waals surface area contributed by atoms with Crippen molar-refractivity contribution in [2.24, 2.45) is 11.8 Å². The highest BCUT2D eigenvalue weighted by Gasteiger charge is 2.38. The molecule has 2 aliphatic rings. The van der Waals surface area contributed by atoms with Crippen LogP contribution in [-0.4, -0.2) is 25.2 Å². The predicted octanol–water partition coefficient (Wildman–Crippen LogP) is 3.40. The fourth-order valence-corrected chi connectivity index (χ4v) is 3.77. The van der Waals surface area contributed by atoms with Crippen LogP contribution in [0.5, 0.6) is 0 Å². The molecular formula is C17H26O4. The zero-order valence-corrected chi connectivity index (χ0v) is 13.2. The van der Waals surface area contributed by atoms with Crippen LogP contribution >= 0.6 is 0 Å². The lowest BCUT2D eigenvalue weighted by Crippen LogP contribution is -2.23. The molecule has 0 spiro atoms. The molecule has 1 fully saturated rings. The molecule has 0 aromatic carbocycles. The molecular weight excluding hydrogens is 268 g/mol. The van der Waals surface area contributed by atoms with Crippen LogP contribution in [0.15, 0.2) is 11.1 Å². The van der Waals surface area contributed by atoms with E-state index >= 15 is 0 Å². The van der Waals surface area contributed by atoms with Gasteiger partial charge in [0.05, 0.1) is 25.6 Å². The van der Waals surface area contributed by atoms with Crippen molar-refractivity contribution in [1.82, 2.24) is 0 Å². The molecule has 118 valence electrons. The number of carbonyl (C=O) groups excluding carboxylic acids is 2. The van der Waals surface area contributed by atoms with Crippen LogP contribution < -0.4 is 0 Å². The summed E-state index contributed by atoms with van der Waals surface area (Å²) in [6, 6.07) is 0. The molecule has 0 N–H and O–H groups in total. The third-order valence-corrected chi connectivity index (χ3v) is 4.59. The van der Waals surface area contributed by atoms with Crippen LogP contribution in [0.1, 0.15) is 58.8 Å². The maximum atomic E-state index is 12.1. The van der Waals surface area contributed by atoms with Crippen molar-refractivity contribution in [3.63, 3.8) is 0 Å². The van der Waals surface area contributed by atoms with Crippen LogP contribution in [0.4, 0.5) is 0 Å². The van der Waals surface area contributed by atoms with Gasteiger partial charge < -0.3 is 9.47 Å². The summed E-state index contributed by atoms with van der Waals surface area (Å²) in [6.07, 6.45) is 6.52. The molecule has 0 aromatic heterocycles. The molecule has 0 bridgehead atoms. The standard InChI is InChI=1S/C17H26O4/c1-3-20-16(18)11-12-7-5-8-13(12)14-9-6-10-15(14)17(19)21-4-2/h14-15H,3-11H2,1-2H3/t14-,15-/m0/s1. The SMILES string of the molecule is CCOC(=O)CC1=C([C@@H]2CCC[C@@H]2C(=O)OCC)CCC1. The third kappa shape index (κ3) is 3.86. The minimum atomic E-state index is -0.141. The molecule has 4 nitrogen and oxygen atoms in total. The first-order valence-electron chi connectivity index (χ1n) is 8.20. The van der Waals surface area contributed by atoms with Crippen molar-refractivity contribution in [2.75, 3.05) is 13.2 Å². The lowest BCUT2D eigenvalue weighted by atomic mass is 9.86. The molecule has 0 amide bonds. The second-order valence-corrected chi connectivity index (χ2v) is 5.86. The summed E-state index contributed by atoms with van der Waals surface area (Å²) in [4.78, 5) is 23.8. The highest BCUT2D eigenvalue weighted by atomic mass is 16.5. The summed E-state index contributed by atoms with van der Waals surface area (Å²) >= 11 is 0. The maximum absolute atomic E-state index is 12.1. The van der Waals surface area contributed by atoms with Gasteiger partial charge in [-0.2, -0.15) is 0 Å². The van der Waals surface area contributed by atoms with Gasteiger partial charge >= 0.3 is 11.9 Å². The van der Waals surface area contributed by atoms with E-state index in [1.165, 1.54) is 11.1 Å². The minimum absolute atomic E-state index is 0.00440. The smallest absolute Gasteiger partial charge is 0.309 e. The molecule has 1 saturated carbocycles. The van der Waals surface area contributed by atoms with Crippen LogP contribution in [-0.2, 0) is 19.1 Å². The molecule has 0 heterocycles. The summed E-state index contributed by atoms with van der Waals surface area (Å²) in [5.41, 5.74) is 2.56. The van der Waals surface area contributed by atoms with Gasteiger partial charge in [-0.15, -0.1) is 0 Å². The molecule has 0 radical (unpaired) electrons. The molecule has 4 heteroatoms. The third-order valence-electron chi connectivity index (χ3n) is 4.59. The van der Waals surface area contributed by atoms with Crippen molar-refractivity contribution in [3.8, 4) is 0 Å². The summed E-state index contributed by atoms with van der Waals surface area (Å²) < 4.78 is 10.3. The molecule has 2 rings (SSSR count). The fraction of sp³-hybridized carbons (Fsp3) is 0.765. The Balaban J connectivity index is 2.09. The van der Waals surface area contributed by atoms with Gasteiger partial charge in [0.15, 0.2) is 0 Å². The van der Waals surface area contributed by atoms with Crippen molar-refractivity contribution in [3.05, 3.63) is 11.1 Å². The van der Waals surface area contributed by atoms with E-state index in [-0.39, 0.29) is 23.8 Å². The van der Waals surface area contributed by atoms with E-state index in [9.17, 15) is 9.59 Å². The Kier molecular flexibility index (Phi) is 5.83. The summed E-state index contributed by atoms with van der Waals surface area (Å²) in [5.74, 6) is 0.0821. The van der Waals surface area contributed by atoms with Crippen molar-refractivity contribution in [1.29, 1.82) is 0 Å². The van der Waals surface area contributed by atoms with Crippen molar-refractivity contribution < 1.29 is 19.1 Å². The second kappa shape index (κ2) is 7.62. The monoisotopic (exact) mass is 294 g/mol. The highest BCUT2D eigenvalue weighted by molar-refractivity contribution is 5.75. The lowest BCUT2D eigenvalue weighted by Gasteiger charge is -2.21. The van der Waals surface area contributed by atoms with Crippen LogP contribution in [0.25, 0.3) is 0 Å². The minimum Gasteiger partial charge on any atom is -0.466 e. The average molecular weight is 294 g/mol. The summed E-state index contributed by atoms with van der Waals surface area (Å²) in [6.45, 7) is 4.55. The molecule has 0 unspecified atom stereocenters. The van der Waals surface area contributed by atoms with Gasteiger partial charge in [-0.05, 0) is 51.9 Å². The lowest BCUT2D eigenvalue weighted by molar-refractivity contribution is -0.148. The van der Waals surface area contributed by atoms with E-state index in [1.54, 1.807) is 0 Å². The Bertz CT molecular complexity index is 425. The Morgan fingerprint density at radius 1 is 1.05 bits per heavy atom. The number of carbonyl (C=O) groups is 2. The molecule has 0 aromatic rings. The normalized spacial score (nSPS) is 25.2. The molecule has 21 heavy (non-hydrogen) atoms. The Hall–Kier alpha value is -1.32. The van der Waals surface area contributed by atoms with Gasteiger partial charge in [-0.1, -0.05) is 17.6 Å². The topological polar surface area (TPSA) is 52.6 Å². The predicted molar refractivity (Wildman–Crippen MR) is 79.6 cm³/mol. The Morgan fingerprint density at radius 3 is 2.52 bits per heavy atom. The van der Waals surface area contributed by atoms with E-state index < -0.39 is 0 Å². The molecule has 0 saturated heterocycles. The van der Waals surface area contributed by atoms with Gasteiger partial charge in [-0.25, -0.2) is 0 Å². The van der Waals surface area contributed by atoms with Crippen molar-refractivity contribution in [2.45, 2.75) is 58.8 Å². The molecule has 2 atom stereocenters. The molecule has 2 aliphatic carbocycles. The fourth-order valence-electron chi connectivity index (χ4n) is 3.77. The van der Waals surface area contributed by atoms with Gasteiger partial charge in [0.2, 0.25) is 0 Å². The maximum Gasteiger partial charge on any atom is 0.309 e. The van der Waals surface area contributed by atoms with Gasteiger partial charge in [0.1, 0.15) is 0 Å². The number of hydrogen-bond donors (Lipinski definition) is 0. The van der Waals surface area contributed by atoms with Crippen molar-refractivity contribution >= 4 is 11.9 Å². The Labute approximate surface area is 126 Å². The second-order valence-electron chi connectivity index (χ2n) is 5.86. The van der Waals surface area contributed by atoms with Gasteiger partial charge in [0, 0.05) is 0 Å². The van der Waals surface area contributed by atoms with E-state index in [2.05, 4.69) is 0 Å². The number of rotatable bonds is 6. The largest absolute Gasteiger partial charge is 0.466 e. The van der Waals surface area contributed by atoms with E-state index in [0.29, 0.717) is 19.6 Å². The first kappa shape index (κ1) is 16.1.